The molecule has 1 rings (SSSR count). The summed E-state index contributed by atoms with van der Waals surface area (Å²) in [4.78, 5) is 10.2. The van der Waals surface area contributed by atoms with Gasteiger partial charge in [-0.3, -0.25) is 10.1 Å². The van der Waals surface area contributed by atoms with Crippen molar-refractivity contribution in [2.75, 3.05) is 6.54 Å². The Hall–Kier alpha value is -0.980. The molecular formula is C12H17BrN2O3. The van der Waals surface area contributed by atoms with Gasteiger partial charge >= 0.3 is 0 Å². The van der Waals surface area contributed by atoms with Crippen LogP contribution in [0.2, 0.25) is 0 Å². The van der Waals surface area contributed by atoms with E-state index in [9.17, 15) is 15.2 Å². The minimum atomic E-state index is -0.426. The molecule has 0 saturated heterocycles. The van der Waals surface area contributed by atoms with Crippen molar-refractivity contribution in [1.29, 1.82) is 0 Å². The molecule has 0 bridgehead atoms. The van der Waals surface area contributed by atoms with Gasteiger partial charge in [-0.25, -0.2) is 0 Å². The second kappa shape index (κ2) is 6.82. The molecule has 6 heteroatoms. The molecule has 0 spiro atoms. The minimum absolute atomic E-state index is 0.0628. The number of rotatable bonds is 6. The minimum Gasteiger partial charge on any atom is -0.392 e. The molecule has 0 aliphatic rings. The van der Waals surface area contributed by atoms with Crippen LogP contribution in [0.1, 0.15) is 19.4 Å². The highest BCUT2D eigenvalue weighted by Crippen LogP contribution is 2.22. The van der Waals surface area contributed by atoms with E-state index in [2.05, 4.69) is 21.2 Å². The molecular weight excluding hydrogens is 300 g/mol. The molecule has 0 aromatic heterocycles. The van der Waals surface area contributed by atoms with Crippen LogP contribution in [0.4, 0.5) is 5.69 Å². The van der Waals surface area contributed by atoms with Gasteiger partial charge in [-0.15, -0.1) is 0 Å². The van der Waals surface area contributed by atoms with Gasteiger partial charge in [0.1, 0.15) is 0 Å². The third-order valence-electron chi connectivity index (χ3n) is 2.69. The quantitative estimate of drug-likeness (QED) is 0.624. The van der Waals surface area contributed by atoms with E-state index in [4.69, 9.17) is 0 Å². The standard InChI is InChI=1S/C12H17BrN2O3/c1-8(2)12(16)7-14-6-9-3-4-10(15(17)18)5-11(9)13/h3-5,8,12,14,16H,6-7H2,1-2H3. The number of aliphatic hydroxyl groups excluding tert-OH is 1. The van der Waals surface area contributed by atoms with Crippen LogP contribution >= 0.6 is 15.9 Å². The van der Waals surface area contributed by atoms with Crippen LogP contribution in [0.15, 0.2) is 22.7 Å². The predicted molar refractivity (Wildman–Crippen MR) is 73.3 cm³/mol. The molecule has 18 heavy (non-hydrogen) atoms. The molecule has 1 atom stereocenters. The third-order valence-corrected chi connectivity index (χ3v) is 3.42. The van der Waals surface area contributed by atoms with E-state index in [0.717, 1.165) is 5.56 Å². The van der Waals surface area contributed by atoms with E-state index in [1.54, 1.807) is 6.07 Å². The van der Waals surface area contributed by atoms with Gasteiger partial charge in [0.15, 0.2) is 0 Å². The lowest BCUT2D eigenvalue weighted by atomic mass is 10.1. The summed E-state index contributed by atoms with van der Waals surface area (Å²) < 4.78 is 0.697. The Kier molecular flexibility index (Phi) is 5.71. The molecule has 0 aliphatic carbocycles. The number of nitrogens with one attached hydrogen (secondary N) is 1. The molecule has 0 heterocycles. The Morgan fingerprint density at radius 1 is 1.50 bits per heavy atom. The number of nitrogens with zero attached hydrogens (tertiary/aromatic N) is 1. The molecule has 0 aliphatic heterocycles. The van der Waals surface area contributed by atoms with Crippen LogP contribution in [-0.2, 0) is 6.54 Å². The highest BCUT2D eigenvalue weighted by Gasteiger charge is 2.11. The van der Waals surface area contributed by atoms with Gasteiger partial charge in [-0.2, -0.15) is 0 Å². The summed E-state index contributed by atoms with van der Waals surface area (Å²) in [5.41, 5.74) is 0.990. The SMILES string of the molecule is CC(C)C(O)CNCc1ccc([N+](=O)[O-])cc1Br. The Morgan fingerprint density at radius 2 is 2.17 bits per heavy atom. The average molecular weight is 317 g/mol. The first-order chi connectivity index (χ1) is 8.41. The van der Waals surface area contributed by atoms with Gasteiger partial charge < -0.3 is 10.4 Å². The highest BCUT2D eigenvalue weighted by atomic mass is 79.9. The highest BCUT2D eigenvalue weighted by molar-refractivity contribution is 9.10. The molecule has 0 fully saturated rings. The predicted octanol–water partition coefficient (Wildman–Crippen LogP) is 2.46. The van der Waals surface area contributed by atoms with E-state index in [0.29, 0.717) is 17.6 Å². The van der Waals surface area contributed by atoms with Crippen molar-refractivity contribution in [3.05, 3.63) is 38.3 Å². The van der Waals surface area contributed by atoms with Crippen molar-refractivity contribution in [2.45, 2.75) is 26.5 Å². The number of benzene rings is 1. The van der Waals surface area contributed by atoms with Crippen molar-refractivity contribution in [1.82, 2.24) is 5.32 Å². The smallest absolute Gasteiger partial charge is 0.270 e. The molecule has 2 N–H and O–H groups in total. The number of nitro groups is 1. The fraction of sp³-hybridized carbons (Fsp3) is 0.500. The number of hydrogen-bond donors (Lipinski definition) is 2. The Balaban J connectivity index is 2.56. The van der Waals surface area contributed by atoms with Gasteiger partial charge in [-0.05, 0) is 17.5 Å². The second-order valence-corrected chi connectivity index (χ2v) is 5.33. The zero-order valence-corrected chi connectivity index (χ0v) is 12.0. The maximum atomic E-state index is 10.6. The Labute approximate surface area is 114 Å². The molecule has 0 amide bonds. The molecule has 1 aromatic carbocycles. The van der Waals surface area contributed by atoms with Crippen LogP contribution in [-0.4, -0.2) is 22.7 Å². The van der Waals surface area contributed by atoms with Crippen LogP contribution in [0.5, 0.6) is 0 Å². The third kappa shape index (κ3) is 4.36. The Bertz CT molecular complexity index is 424. The lowest BCUT2D eigenvalue weighted by Crippen LogP contribution is -2.30. The average Bonchev–Trinajstić information content (AvgIpc) is 2.30. The monoisotopic (exact) mass is 316 g/mol. The number of non-ortho nitro benzene ring substituents is 1. The van der Waals surface area contributed by atoms with Crippen LogP contribution in [0.3, 0.4) is 0 Å². The largest absolute Gasteiger partial charge is 0.392 e. The van der Waals surface area contributed by atoms with Crippen molar-refractivity contribution in [3.63, 3.8) is 0 Å². The van der Waals surface area contributed by atoms with Gasteiger partial charge in [0, 0.05) is 29.7 Å². The summed E-state index contributed by atoms with van der Waals surface area (Å²) in [6, 6.07) is 4.66. The summed E-state index contributed by atoms with van der Waals surface area (Å²) in [5.74, 6) is 0.206. The lowest BCUT2D eigenvalue weighted by molar-refractivity contribution is -0.384. The summed E-state index contributed by atoms with van der Waals surface area (Å²) >= 11 is 3.30. The first-order valence-corrected chi connectivity index (χ1v) is 6.52. The van der Waals surface area contributed by atoms with Gasteiger partial charge in [0.25, 0.3) is 5.69 Å². The van der Waals surface area contributed by atoms with E-state index >= 15 is 0 Å². The van der Waals surface area contributed by atoms with Crippen LogP contribution in [0.25, 0.3) is 0 Å². The molecule has 0 radical (unpaired) electrons. The maximum Gasteiger partial charge on any atom is 0.270 e. The van der Waals surface area contributed by atoms with Crippen LogP contribution in [0, 0.1) is 16.0 Å². The summed E-state index contributed by atoms with van der Waals surface area (Å²) in [7, 11) is 0. The molecule has 1 aromatic rings. The van der Waals surface area contributed by atoms with E-state index < -0.39 is 4.92 Å². The zero-order chi connectivity index (χ0) is 13.7. The van der Waals surface area contributed by atoms with Crippen molar-refractivity contribution < 1.29 is 10.0 Å². The van der Waals surface area contributed by atoms with Gasteiger partial charge in [-0.1, -0.05) is 29.8 Å². The van der Waals surface area contributed by atoms with Crippen molar-refractivity contribution in [3.8, 4) is 0 Å². The number of halogens is 1. The molecule has 1 unspecified atom stereocenters. The normalized spacial score (nSPS) is 12.7. The van der Waals surface area contributed by atoms with Crippen molar-refractivity contribution in [2.24, 2.45) is 5.92 Å². The van der Waals surface area contributed by atoms with Gasteiger partial charge in [0.05, 0.1) is 11.0 Å². The van der Waals surface area contributed by atoms with Gasteiger partial charge in [0.2, 0.25) is 0 Å². The zero-order valence-electron chi connectivity index (χ0n) is 10.4. The number of hydrogen-bond acceptors (Lipinski definition) is 4. The van der Waals surface area contributed by atoms with E-state index in [1.807, 2.05) is 13.8 Å². The topological polar surface area (TPSA) is 75.4 Å². The van der Waals surface area contributed by atoms with E-state index in [1.165, 1.54) is 12.1 Å². The summed E-state index contributed by atoms with van der Waals surface area (Å²) in [6.45, 7) is 4.96. The fourth-order valence-corrected chi connectivity index (χ4v) is 1.89. The fourth-order valence-electron chi connectivity index (χ4n) is 1.38. The first kappa shape index (κ1) is 15.1. The molecule has 5 nitrogen and oxygen atoms in total. The van der Waals surface area contributed by atoms with Crippen LogP contribution < -0.4 is 5.32 Å². The maximum absolute atomic E-state index is 10.6. The number of aliphatic hydroxyl groups is 1. The number of nitro benzene ring substituents is 1. The summed E-state index contributed by atoms with van der Waals surface area (Å²) in [5, 5.41) is 23.3. The Morgan fingerprint density at radius 3 is 2.67 bits per heavy atom. The second-order valence-electron chi connectivity index (χ2n) is 4.48. The lowest BCUT2D eigenvalue weighted by Gasteiger charge is -2.15. The van der Waals surface area contributed by atoms with Crippen molar-refractivity contribution >= 4 is 21.6 Å². The molecule has 100 valence electrons. The first-order valence-electron chi connectivity index (χ1n) is 5.73. The summed E-state index contributed by atoms with van der Waals surface area (Å²) in [6.07, 6.45) is -0.387. The molecule has 0 saturated carbocycles. The van der Waals surface area contributed by atoms with E-state index in [-0.39, 0.29) is 17.7 Å².